The summed E-state index contributed by atoms with van der Waals surface area (Å²) < 4.78 is 4.90. The van der Waals surface area contributed by atoms with Gasteiger partial charge in [-0.3, -0.25) is 0 Å². The second-order valence-electron chi connectivity index (χ2n) is 4.00. The van der Waals surface area contributed by atoms with Crippen molar-refractivity contribution in [2.24, 2.45) is 0 Å². The van der Waals surface area contributed by atoms with Crippen LogP contribution in [0.3, 0.4) is 0 Å². The first kappa shape index (κ1) is 13.3. The molecule has 0 spiro atoms. The highest BCUT2D eigenvalue weighted by atomic mass is 35.5. The lowest BCUT2D eigenvalue weighted by Crippen LogP contribution is -2.19. The number of rotatable bonds is 4. The fraction of sp³-hybridized carbons (Fsp3) is 0.333. The van der Waals surface area contributed by atoms with Crippen LogP contribution in [0.4, 0.5) is 0 Å². The summed E-state index contributed by atoms with van der Waals surface area (Å²) in [5.74, 6) is 1.19. The van der Waals surface area contributed by atoms with Crippen LogP contribution in [-0.2, 0) is 6.54 Å². The van der Waals surface area contributed by atoms with E-state index in [1.807, 2.05) is 19.1 Å². The van der Waals surface area contributed by atoms with Crippen LogP contribution in [0.1, 0.15) is 30.2 Å². The Balaban J connectivity index is 2.01. The smallest absolute Gasteiger partial charge is 0.223 e. The zero-order chi connectivity index (χ0) is 13.1. The second kappa shape index (κ2) is 5.69. The Morgan fingerprint density at radius 2 is 2.17 bits per heavy atom. The second-order valence-corrected chi connectivity index (χ2v) is 4.84. The average molecular weight is 286 g/mol. The van der Waals surface area contributed by atoms with Gasteiger partial charge >= 0.3 is 0 Å². The van der Waals surface area contributed by atoms with Crippen LogP contribution in [0.25, 0.3) is 0 Å². The molecule has 0 aliphatic heterocycles. The Morgan fingerprint density at radius 3 is 2.78 bits per heavy atom. The number of aromatic nitrogens is 2. The Kier molecular flexibility index (Phi) is 4.22. The van der Waals surface area contributed by atoms with E-state index in [0.29, 0.717) is 28.3 Å². The molecule has 96 valence electrons. The van der Waals surface area contributed by atoms with Crippen molar-refractivity contribution in [3.63, 3.8) is 0 Å². The van der Waals surface area contributed by atoms with E-state index in [4.69, 9.17) is 27.7 Å². The number of halogens is 2. The van der Waals surface area contributed by atoms with Crippen molar-refractivity contribution in [3.05, 3.63) is 45.5 Å². The van der Waals surface area contributed by atoms with Gasteiger partial charge in [0.15, 0.2) is 5.82 Å². The third kappa shape index (κ3) is 3.22. The molecule has 0 aliphatic carbocycles. The van der Waals surface area contributed by atoms with E-state index in [9.17, 15) is 0 Å². The number of aryl methyl sites for hydroxylation is 1. The lowest BCUT2D eigenvalue weighted by Gasteiger charge is -2.14. The van der Waals surface area contributed by atoms with Crippen LogP contribution in [-0.4, -0.2) is 10.1 Å². The molecule has 1 N–H and O–H groups in total. The monoisotopic (exact) mass is 285 g/mol. The molecule has 0 amide bonds. The van der Waals surface area contributed by atoms with Gasteiger partial charge in [-0.2, -0.15) is 4.98 Å². The van der Waals surface area contributed by atoms with Gasteiger partial charge in [-0.05, 0) is 24.6 Å². The Labute approximate surface area is 115 Å². The van der Waals surface area contributed by atoms with E-state index in [1.54, 1.807) is 13.0 Å². The van der Waals surface area contributed by atoms with E-state index in [-0.39, 0.29) is 6.04 Å². The molecule has 0 fully saturated rings. The predicted octanol–water partition coefficient (Wildman–Crippen LogP) is 3.54. The summed E-state index contributed by atoms with van der Waals surface area (Å²) in [5, 5.41) is 8.37. The quantitative estimate of drug-likeness (QED) is 0.934. The topological polar surface area (TPSA) is 51.0 Å². The molecule has 1 heterocycles. The van der Waals surface area contributed by atoms with Gasteiger partial charge < -0.3 is 9.84 Å². The van der Waals surface area contributed by atoms with Crippen LogP contribution in [0.5, 0.6) is 0 Å². The van der Waals surface area contributed by atoms with E-state index < -0.39 is 0 Å². The van der Waals surface area contributed by atoms with Gasteiger partial charge in [0, 0.05) is 23.0 Å². The summed E-state index contributed by atoms with van der Waals surface area (Å²) in [6, 6.07) is 5.53. The zero-order valence-corrected chi connectivity index (χ0v) is 11.6. The molecule has 4 nitrogen and oxygen atoms in total. The van der Waals surface area contributed by atoms with Gasteiger partial charge in [0.05, 0.1) is 6.54 Å². The van der Waals surface area contributed by atoms with Crippen LogP contribution < -0.4 is 5.32 Å². The molecule has 0 unspecified atom stereocenters. The van der Waals surface area contributed by atoms with E-state index >= 15 is 0 Å². The van der Waals surface area contributed by atoms with Gasteiger partial charge in [-0.25, -0.2) is 0 Å². The van der Waals surface area contributed by atoms with E-state index in [0.717, 1.165) is 5.56 Å². The third-order valence-corrected chi connectivity index (χ3v) is 3.13. The summed E-state index contributed by atoms with van der Waals surface area (Å²) in [7, 11) is 0. The van der Waals surface area contributed by atoms with Gasteiger partial charge in [0.2, 0.25) is 5.89 Å². The summed E-state index contributed by atoms with van der Waals surface area (Å²) in [6.07, 6.45) is 0. The molecule has 1 atom stereocenters. The summed E-state index contributed by atoms with van der Waals surface area (Å²) in [5.41, 5.74) is 0.987. The van der Waals surface area contributed by atoms with Crippen molar-refractivity contribution in [2.75, 3.05) is 0 Å². The lowest BCUT2D eigenvalue weighted by molar-refractivity contribution is 0.384. The highest BCUT2D eigenvalue weighted by molar-refractivity contribution is 6.35. The van der Waals surface area contributed by atoms with Crippen LogP contribution in [0, 0.1) is 6.92 Å². The molecule has 0 bridgehead atoms. The normalized spacial score (nSPS) is 12.7. The minimum Gasteiger partial charge on any atom is -0.340 e. The van der Waals surface area contributed by atoms with Gasteiger partial charge in [0.25, 0.3) is 0 Å². The first-order chi connectivity index (χ1) is 8.56. The van der Waals surface area contributed by atoms with Crippen molar-refractivity contribution in [1.29, 1.82) is 0 Å². The first-order valence-corrected chi connectivity index (χ1v) is 6.29. The number of benzene rings is 1. The van der Waals surface area contributed by atoms with Crippen LogP contribution in [0.15, 0.2) is 22.7 Å². The number of nitrogens with zero attached hydrogens (tertiary/aromatic N) is 2. The maximum Gasteiger partial charge on any atom is 0.223 e. The first-order valence-electron chi connectivity index (χ1n) is 5.54. The van der Waals surface area contributed by atoms with Gasteiger partial charge in [-0.1, -0.05) is 34.4 Å². The summed E-state index contributed by atoms with van der Waals surface area (Å²) in [4.78, 5) is 4.12. The SMILES string of the molecule is Cc1nc(CN[C@@H](C)c2ccc(Cl)cc2Cl)no1. The fourth-order valence-electron chi connectivity index (χ4n) is 1.62. The summed E-state index contributed by atoms with van der Waals surface area (Å²) >= 11 is 12.0. The Hall–Kier alpha value is -1.10. The molecule has 1 aromatic carbocycles. The Bertz CT molecular complexity index is 542. The molecular formula is C12H13Cl2N3O. The van der Waals surface area contributed by atoms with Crippen molar-refractivity contribution in [3.8, 4) is 0 Å². The standard InChI is InChI=1S/C12H13Cl2N3O/c1-7(10-4-3-9(13)5-11(10)14)15-6-12-16-8(2)18-17-12/h3-5,7,15H,6H2,1-2H3/t7-/m0/s1. The zero-order valence-electron chi connectivity index (χ0n) is 10.1. The molecule has 6 heteroatoms. The van der Waals surface area contributed by atoms with Gasteiger partial charge in [-0.15, -0.1) is 0 Å². The largest absolute Gasteiger partial charge is 0.340 e. The molecule has 18 heavy (non-hydrogen) atoms. The van der Waals surface area contributed by atoms with Crippen LogP contribution in [0.2, 0.25) is 10.0 Å². The highest BCUT2D eigenvalue weighted by Gasteiger charge is 2.11. The molecular weight excluding hydrogens is 273 g/mol. The third-order valence-electron chi connectivity index (χ3n) is 2.56. The lowest BCUT2D eigenvalue weighted by atomic mass is 10.1. The number of nitrogens with one attached hydrogen (secondary N) is 1. The van der Waals surface area contributed by atoms with E-state index in [1.165, 1.54) is 0 Å². The molecule has 2 aromatic rings. The van der Waals surface area contributed by atoms with Crippen molar-refractivity contribution in [2.45, 2.75) is 26.4 Å². The maximum atomic E-state index is 6.14. The summed E-state index contributed by atoms with van der Waals surface area (Å²) in [6.45, 7) is 4.30. The number of hydrogen-bond acceptors (Lipinski definition) is 4. The molecule has 0 radical (unpaired) electrons. The van der Waals surface area contributed by atoms with Gasteiger partial charge in [0.1, 0.15) is 0 Å². The maximum absolute atomic E-state index is 6.14. The molecule has 0 saturated carbocycles. The predicted molar refractivity (Wildman–Crippen MR) is 70.8 cm³/mol. The number of hydrogen-bond donors (Lipinski definition) is 1. The minimum atomic E-state index is 0.0774. The van der Waals surface area contributed by atoms with Crippen molar-refractivity contribution in [1.82, 2.24) is 15.5 Å². The molecule has 1 aromatic heterocycles. The fourth-order valence-corrected chi connectivity index (χ4v) is 2.19. The van der Waals surface area contributed by atoms with Crippen LogP contribution >= 0.6 is 23.2 Å². The average Bonchev–Trinajstić information content (AvgIpc) is 2.72. The highest BCUT2D eigenvalue weighted by Crippen LogP contribution is 2.26. The van der Waals surface area contributed by atoms with E-state index in [2.05, 4.69) is 15.5 Å². The Morgan fingerprint density at radius 1 is 1.39 bits per heavy atom. The van der Waals surface area contributed by atoms with Crippen molar-refractivity contribution >= 4 is 23.2 Å². The molecule has 2 rings (SSSR count). The molecule has 0 aliphatic rings. The van der Waals surface area contributed by atoms with Crippen molar-refractivity contribution < 1.29 is 4.52 Å². The minimum absolute atomic E-state index is 0.0774. The molecule has 0 saturated heterocycles.